The smallest absolute Gasteiger partial charge is 0.317 e. The van der Waals surface area contributed by atoms with Gasteiger partial charge in [0.15, 0.2) is 0 Å². The van der Waals surface area contributed by atoms with E-state index in [4.69, 9.17) is 4.74 Å². The Kier molecular flexibility index (Phi) is 4.65. The first-order valence-electron chi connectivity index (χ1n) is 6.35. The minimum absolute atomic E-state index is 0.230. The molecule has 0 unspecified atom stereocenters. The van der Waals surface area contributed by atoms with E-state index in [2.05, 4.69) is 10.3 Å². The summed E-state index contributed by atoms with van der Waals surface area (Å²) in [5.41, 5.74) is 1.68. The van der Waals surface area contributed by atoms with Crippen LogP contribution in [0.25, 0.3) is 0 Å². The van der Waals surface area contributed by atoms with Gasteiger partial charge in [-0.2, -0.15) is 0 Å². The van der Waals surface area contributed by atoms with E-state index in [9.17, 15) is 4.79 Å². The van der Waals surface area contributed by atoms with Gasteiger partial charge in [-0.05, 0) is 17.7 Å². The van der Waals surface area contributed by atoms with Crippen LogP contribution in [0.1, 0.15) is 5.56 Å². The Morgan fingerprint density at radius 3 is 2.45 bits per heavy atom. The molecular weight excluding hydrogens is 254 g/mol. The SMILES string of the molecule is CN(C)N=Nc1ccc(COC(=O)C2C=CC=C2)cc1. The third-order valence-electron chi connectivity index (χ3n) is 2.68. The Hall–Kier alpha value is -2.43. The fourth-order valence-electron chi connectivity index (χ4n) is 1.64. The minimum atomic E-state index is -0.247. The maximum absolute atomic E-state index is 11.7. The first-order valence-corrected chi connectivity index (χ1v) is 6.35. The molecule has 1 aromatic rings. The van der Waals surface area contributed by atoms with E-state index < -0.39 is 0 Å². The number of carbonyl (C=O) groups is 1. The monoisotopic (exact) mass is 271 g/mol. The number of benzene rings is 1. The standard InChI is InChI=1S/C15H17N3O2/c1-18(2)17-16-14-9-7-12(8-10-14)11-20-15(19)13-5-3-4-6-13/h3-10,13H,11H2,1-2H3. The largest absolute Gasteiger partial charge is 0.460 e. The van der Waals surface area contributed by atoms with Gasteiger partial charge in [0.05, 0.1) is 11.6 Å². The van der Waals surface area contributed by atoms with Gasteiger partial charge in [0.2, 0.25) is 0 Å². The van der Waals surface area contributed by atoms with E-state index in [1.165, 1.54) is 0 Å². The number of hydrogen-bond donors (Lipinski definition) is 0. The van der Waals surface area contributed by atoms with Crippen molar-refractivity contribution >= 4 is 11.7 Å². The molecule has 0 amide bonds. The Labute approximate surface area is 118 Å². The Balaban J connectivity index is 1.86. The van der Waals surface area contributed by atoms with E-state index in [1.807, 2.05) is 62.7 Å². The summed E-state index contributed by atoms with van der Waals surface area (Å²) >= 11 is 0. The van der Waals surface area contributed by atoms with Gasteiger partial charge < -0.3 is 4.74 Å². The molecule has 0 fully saturated rings. The second-order valence-corrected chi connectivity index (χ2v) is 4.61. The molecule has 0 radical (unpaired) electrons. The van der Waals surface area contributed by atoms with Gasteiger partial charge in [-0.25, -0.2) is 0 Å². The van der Waals surface area contributed by atoms with Crippen molar-refractivity contribution in [2.75, 3.05) is 14.1 Å². The summed E-state index contributed by atoms with van der Waals surface area (Å²) < 4.78 is 5.25. The van der Waals surface area contributed by atoms with Crippen LogP contribution in [0.2, 0.25) is 0 Å². The molecule has 0 atom stereocenters. The van der Waals surface area contributed by atoms with Crippen molar-refractivity contribution in [3.8, 4) is 0 Å². The molecule has 0 aliphatic heterocycles. The van der Waals surface area contributed by atoms with Gasteiger partial charge in [0, 0.05) is 14.1 Å². The maximum Gasteiger partial charge on any atom is 0.317 e. The zero-order chi connectivity index (χ0) is 14.4. The third-order valence-corrected chi connectivity index (χ3v) is 2.68. The lowest BCUT2D eigenvalue weighted by atomic mass is 10.2. The average molecular weight is 271 g/mol. The van der Waals surface area contributed by atoms with Gasteiger partial charge in [-0.3, -0.25) is 9.80 Å². The van der Waals surface area contributed by atoms with Crippen LogP contribution in [0, 0.1) is 5.92 Å². The molecule has 5 nitrogen and oxygen atoms in total. The van der Waals surface area contributed by atoms with Crippen LogP contribution in [0.4, 0.5) is 5.69 Å². The summed E-state index contributed by atoms with van der Waals surface area (Å²) in [5.74, 6) is -0.477. The van der Waals surface area contributed by atoms with Gasteiger partial charge in [-0.1, -0.05) is 41.7 Å². The summed E-state index contributed by atoms with van der Waals surface area (Å²) in [6, 6.07) is 7.42. The van der Waals surface area contributed by atoms with E-state index >= 15 is 0 Å². The first-order chi connectivity index (χ1) is 9.65. The van der Waals surface area contributed by atoms with Crippen molar-refractivity contribution < 1.29 is 9.53 Å². The molecule has 104 valence electrons. The van der Waals surface area contributed by atoms with Crippen LogP contribution in [0.3, 0.4) is 0 Å². The lowest BCUT2D eigenvalue weighted by molar-refractivity contribution is -0.146. The summed E-state index contributed by atoms with van der Waals surface area (Å²) in [7, 11) is 3.62. The summed E-state index contributed by atoms with van der Waals surface area (Å²) in [4.78, 5) is 11.7. The maximum atomic E-state index is 11.7. The molecule has 0 saturated carbocycles. The molecule has 1 aliphatic carbocycles. The van der Waals surface area contributed by atoms with Crippen LogP contribution in [0.15, 0.2) is 58.9 Å². The van der Waals surface area contributed by atoms with E-state index in [-0.39, 0.29) is 18.5 Å². The summed E-state index contributed by atoms with van der Waals surface area (Å²) in [6.07, 6.45) is 7.31. The number of nitrogens with zero attached hydrogens (tertiary/aromatic N) is 3. The van der Waals surface area contributed by atoms with Crippen molar-refractivity contribution in [1.29, 1.82) is 0 Å². The predicted octanol–water partition coefficient (Wildman–Crippen LogP) is 3.03. The molecule has 0 aromatic heterocycles. The molecule has 0 bridgehead atoms. The van der Waals surface area contributed by atoms with E-state index in [0.29, 0.717) is 0 Å². The highest BCUT2D eigenvalue weighted by atomic mass is 16.5. The molecule has 20 heavy (non-hydrogen) atoms. The second-order valence-electron chi connectivity index (χ2n) is 4.61. The predicted molar refractivity (Wildman–Crippen MR) is 76.2 cm³/mol. The first kappa shape index (κ1) is 14.0. The highest BCUT2D eigenvalue weighted by molar-refractivity contribution is 5.77. The van der Waals surface area contributed by atoms with E-state index in [1.54, 1.807) is 5.01 Å². The second kappa shape index (κ2) is 6.65. The number of esters is 1. The molecule has 5 heteroatoms. The lowest BCUT2D eigenvalue weighted by Gasteiger charge is -2.07. The Bertz CT molecular complexity index is 533. The van der Waals surface area contributed by atoms with E-state index in [0.717, 1.165) is 11.3 Å². The number of ether oxygens (including phenoxy) is 1. The average Bonchev–Trinajstić information content (AvgIpc) is 2.98. The zero-order valence-electron chi connectivity index (χ0n) is 11.6. The van der Waals surface area contributed by atoms with Gasteiger partial charge in [-0.15, -0.1) is 5.11 Å². The molecule has 0 heterocycles. The highest BCUT2D eigenvalue weighted by Gasteiger charge is 2.15. The van der Waals surface area contributed by atoms with Crippen molar-refractivity contribution in [2.45, 2.75) is 6.61 Å². The van der Waals surface area contributed by atoms with Gasteiger partial charge in [0.25, 0.3) is 0 Å². The number of hydrogen-bond acceptors (Lipinski definition) is 4. The van der Waals surface area contributed by atoms with Crippen molar-refractivity contribution in [3.63, 3.8) is 0 Å². The summed E-state index contributed by atoms with van der Waals surface area (Å²) in [5, 5.41) is 9.56. The van der Waals surface area contributed by atoms with Crippen LogP contribution >= 0.6 is 0 Å². The minimum Gasteiger partial charge on any atom is -0.460 e. The Morgan fingerprint density at radius 2 is 1.85 bits per heavy atom. The van der Waals surface area contributed by atoms with Crippen molar-refractivity contribution in [3.05, 3.63) is 54.1 Å². The topological polar surface area (TPSA) is 54.3 Å². The van der Waals surface area contributed by atoms with Crippen molar-refractivity contribution in [2.24, 2.45) is 16.3 Å². The lowest BCUT2D eigenvalue weighted by Crippen LogP contribution is -2.12. The fourth-order valence-corrected chi connectivity index (χ4v) is 1.64. The molecule has 0 N–H and O–H groups in total. The fraction of sp³-hybridized carbons (Fsp3) is 0.267. The summed E-state index contributed by atoms with van der Waals surface area (Å²) in [6.45, 7) is 0.266. The van der Waals surface area contributed by atoms with Crippen LogP contribution < -0.4 is 0 Å². The zero-order valence-corrected chi connectivity index (χ0v) is 11.6. The highest BCUT2D eigenvalue weighted by Crippen LogP contribution is 2.16. The van der Waals surface area contributed by atoms with Gasteiger partial charge >= 0.3 is 5.97 Å². The Morgan fingerprint density at radius 1 is 1.20 bits per heavy atom. The number of rotatable bonds is 5. The molecule has 0 saturated heterocycles. The van der Waals surface area contributed by atoms with Crippen molar-refractivity contribution in [1.82, 2.24) is 5.01 Å². The molecule has 0 spiro atoms. The normalized spacial score (nSPS) is 14.1. The van der Waals surface area contributed by atoms with Gasteiger partial charge in [0.1, 0.15) is 6.61 Å². The number of allylic oxidation sites excluding steroid dienone is 2. The quantitative estimate of drug-likeness (QED) is 0.470. The van der Waals surface area contributed by atoms with Crippen LogP contribution in [0.5, 0.6) is 0 Å². The molecule has 2 rings (SSSR count). The molecule has 1 aromatic carbocycles. The van der Waals surface area contributed by atoms with Crippen LogP contribution in [-0.4, -0.2) is 25.1 Å². The van der Waals surface area contributed by atoms with Crippen LogP contribution in [-0.2, 0) is 16.1 Å². The third kappa shape index (κ3) is 4.05. The molecular formula is C15H17N3O2. The molecule has 1 aliphatic rings. The number of carbonyl (C=O) groups excluding carboxylic acids is 1.